The van der Waals surface area contributed by atoms with Crippen molar-refractivity contribution in [3.8, 4) is 0 Å². The van der Waals surface area contributed by atoms with Gasteiger partial charge >= 0.3 is 0 Å². The number of aliphatic hydroxyl groups is 1. The molecule has 1 aromatic carbocycles. The quantitative estimate of drug-likeness (QED) is 0.799. The normalized spacial score (nSPS) is 15.8. The third kappa shape index (κ3) is 3.08. The Bertz CT molecular complexity index is 302. The van der Waals surface area contributed by atoms with E-state index in [1.807, 2.05) is 0 Å². The first-order valence-corrected chi connectivity index (χ1v) is 6.15. The van der Waals surface area contributed by atoms with Crippen LogP contribution >= 0.6 is 0 Å². The second-order valence-corrected chi connectivity index (χ2v) is 5.45. The van der Waals surface area contributed by atoms with Gasteiger partial charge in [0.2, 0.25) is 0 Å². The van der Waals surface area contributed by atoms with Crippen LogP contribution in [-0.4, -0.2) is 11.7 Å². The minimum atomic E-state index is 0.185. The molecule has 1 unspecified atom stereocenters. The summed E-state index contributed by atoms with van der Waals surface area (Å²) in [7, 11) is 0. The Kier molecular flexibility index (Phi) is 4.55. The van der Waals surface area contributed by atoms with Crippen LogP contribution in [-0.2, 0) is 0 Å². The van der Waals surface area contributed by atoms with Gasteiger partial charge in [-0.25, -0.2) is 0 Å². The van der Waals surface area contributed by atoms with Crippen LogP contribution in [0.1, 0.15) is 45.6 Å². The maximum atomic E-state index is 9.10. The molecule has 0 saturated carbocycles. The molecule has 0 aliphatic rings. The van der Waals surface area contributed by atoms with E-state index in [0.29, 0.717) is 11.8 Å². The standard InChI is InChI=1S/C15H24O/c1-12(14-8-6-5-7-9-14)13(2)15(3,4)10-11-16/h5-9,12-13,16H,10-11H2,1-4H3/t12?,13-/m0/s1. The smallest absolute Gasteiger partial charge is 0.0436 e. The molecule has 1 nitrogen and oxygen atoms in total. The van der Waals surface area contributed by atoms with Crippen molar-refractivity contribution in [3.05, 3.63) is 35.9 Å². The molecular formula is C15H24O. The summed E-state index contributed by atoms with van der Waals surface area (Å²) < 4.78 is 0. The zero-order chi connectivity index (χ0) is 12.2. The Morgan fingerprint density at radius 2 is 1.69 bits per heavy atom. The highest BCUT2D eigenvalue weighted by Gasteiger charge is 2.29. The first-order chi connectivity index (χ1) is 7.49. The molecule has 0 saturated heterocycles. The fourth-order valence-electron chi connectivity index (χ4n) is 2.24. The molecule has 1 N–H and O–H groups in total. The lowest BCUT2D eigenvalue weighted by molar-refractivity contribution is 0.139. The zero-order valence-corrected chi connectivity index (χ0v) is 10.9. The highest BCUT2D eigenvalue weighted by molar-refractivity contribution is 5.19. The van der Waals surface area contributed by atoms with Gasteiger partial charge in [0.15, 0.2) is 0 Å². The van der Waals surface area contributed by atoms with E-state index in [1.165, 1.54) is 5.56 Å². The molecule has 0 aliphatic heterocycles. The van der Waals surface area contributed by atoms with Crippen LogP contribution < -0.4 is 0 Å². The van der Waals surface area contributed by atoms with E-state index >= 15 is 0 Å². The molecule has 0 bridgehead atoms. The Morgan fingerprint density at radius 3 is 2.19 bits per heavy atom. The molecule has 1 rings (SSSR count). The molecule has 0 radical (unpaired) electrons. The highest BCUT2D eigenvalue weighted by Crippen LogP contribution is 2.39. The van der Waals surface area contributed by atoms with Crippen LogP contribution in [0.5, 0.6) is 0 Å². The van der Waals surface area contributed by atoms with E-state index in [2.05, 4.69) is 58.0 Å². The van der Waals surface area contributed by atoms with Crippen molar-refractivity contribution in [1.29, 1.82) is 0 Å². The van der Waals surface area contributed by atoms with E-state index in [0.717, 1.165) is 6.42 Å². The largest absolute Gasteiger partial charge is 0.396 e. The van der Waals surface area contributed by atoms with Gasteiger partial charge in [0.25, 0.3) is 0 Å². The van der Waals surface area contributed by atoms with Crippen molar-refractivity contribution < 1.29 is 5.11 Å². The summed E-state index contributed by atoms with van der Waals surface area (Å²) in [5.74, 6) is 1.09. The van der Waals surface area contributed by atoms with Gasteiger partial charge in [0.05, 0.1) is 0 Å². The van der Waals surface area contributed by atoms with E-state index in [1.54, 1.807) is 0 Å². The lowest BCUT2D eigenvalue weighted by atomic mass is 9.70. The van der Waals surface area contributed by atoms with Crippen LogP contribution in [0.3, 0.4) is 0 Å². The van der Waals surface area contributed by atoms with Crippen molar-refractivity contribution in [2.45, 2.75) is 40.0 Å². The van der Waals surface area contributed by atoms with Crippen molar-refractivity contribution in [2.24, 2.45) is 11.3 Å². The summed E-state index contributed by atoms with van der Waals surface area (Å²) in [5.41, 5.74) is 1.57. The van der Waals surface area contributed by atoms with Crippen molar-refractivity contribution in [1.82, 2.24) is 0 Å². The molecule has 90 valence electrons. The fourth-order valence-corrected chi connectivity index (χ4v) is 2.24. The SMILES string of the molecule is CC(c1ccccc1)[C@H](C)C(C)(C)CCO. The molecule has 0 spiro atoms. The van der Waals surface area contributed by atoms with Crippen LogP contribution in [0.15, 0.2) is 30.3 Å². The first-order valence-electron chi connectivity index (χ1n) is 6.15. The number of aliphatic hydroxyl groups excluding tert-OH is 1. The number of hydrogen-bond donors (Lipinski definition) is 1. The lowest BCUT2D eigenvalue weighted by Gasteiger charge is -2.35. The van der Waals surface area contributed by atoms with Gasteiger partial charge in [-0.05, 0) is 29.2 Å². The Balaban J connectivity index is 2.78. The summed E-state index contributed by atoms with van der Waals surface area (Å²) in [5, 5.41) is 9.10. The van der Waals surface area contributed by atoms with Crippen LogP contribution in [0.2, 0.25) is 0 Å². The summed E-state index contributed by atoms with van der Waals surface area (Å²) in [6, 6.07) is 10.6. The zero-order valence-electron chi connectivity index (χ0n) is 10.9. The van der Waals surface area contributed by atoms with Gasteiger partial charge < -0.3 is 5.11 Å². The predicted molar refractivity (Wildman–Crippen MR) is 69.5 cm³/mol. The van der Waals surface area contributed by atoms with Gasteiger partial charge in [-0.1, -0.05) is 58.0 Å². The second-order valence-electron chi connectivity index (χ2n) is 5.45. The van der Waals surface area contributed by atoms with Crippen molar-refractivity contribution in [3.63, 3.8) is 0 Å². The maximum absolute atomic E-state index is 9.10. The summed E-state index contributed by atoms with van der Waals surface area (Å²) in [4.78, 5) is 0. The van der Waals surface area contributed by atoms with Gasteiger partial charge in [0.1, 0.15) is 0 Å². The average molecular weight is 220 g/mol. The fraction of sp³-hybridized carbons (Fsp3) is 0.600. The molecule has 0 heterocycles. The van der Waals surface area contributed by atoms with Gasteiger partial charge in [-0.2, -0.15) is 0 Å². The van der Waals surface area contributed by atoms with Gasteiger partial charge in [0, 0.05) is 6.61 Å². The topological polar surface area (TPSA) is 20.2 Å². The Labute approximate surface area is 99.5 Å². The van der Waals surface area contributed by atoms with Gasteiger partial charge in [-0.3, -0.25) is 0 Å². The number of benzene rings is 1. The maximum Gasteiger partial charge on any atom is 0.0436 e. The van der Waals surface area contributed by atoms with E-state index in [-0.39, 0.29) is 12.0 Å². The molecular weight excluding hydrogens is 196 g/mol. The molecule has 16 heavy (non-hydrogen) atoms. The van der Waals surface area contributed by atoms with Crippen molar-refractivity contribution >= 4 is 0 Å². The molecule has 2 atom stereocenters. The van der Waals surface area contributed by atoms with Crippen LogP contribution in [0, 0.1) is 11.3 Å². The molecule has 0 aromatic heterocycles. The summed E-state index contributed by atoms with van der Waals surface area (Å²) in [6.45, 7) is 9.33. The second kappa shape index (κ2) is 5.49. The molecule has 1 heteroatoms. The van der Waals surface area contributed by atoms with E-state index < -0.39 is 0 Å². The van der Waals surface area contributed by atoms with Crippen LogP contribution in [0.4, 0.5) is 0 Å². The minimum Gasteiger partial charge on any atom is -0.396 e. The molecule has 1 aromatic rings. The van der Waals surface area contributed by atoms with E-state index in [4.69, 9.17) is 5.11 Å². The summed E-state index contributed by atoms with van der Waals surface area (Å²) in [6.07, 6.45) is 0.866. The molecule has 0 fully saturated rings. The lowest BCUT2D eigenvalue weighted by Crippen LogP contribution is -2.27. The Hall–Kier alpha value is -0.820. The Morgan fingerprint density at radius 1 is 1.12 bits per heavy atom. The predicted octanol–water partition coefficient (Wildman–Crippen LogP) is 3.83. The molecule has 0 aliphatic carbocycles. The monoisotopic (exact) mass is 220 g/mol. The van der Waals surface area contributed by atoms with Gasteiger partial charge in [-0.15, -0.1) is 0 Å². The van der Waals surface area contributed by atoms with E-state index in [9.17, 15) is 0 Å². The number of hydrogen-bond acceptors (Lipinski definition) is 1. The van der Waals surface area contributed by atoms with Crippen molar-refractivity contribution in [2.75, 3.05) is 6.61 Å². The number of rotatable bonds is 5. The first kappa shape index (κ1) is 13.2. The minimum absolute atomic E-state index is 0.185. The summed E-state index contributed by atoms with van der Waals surface area (Å²) >= 11 is 0. The molecule has 0 amide bonds. The van der Waals surface area contributed by atoms with Crippen LogP contribution in [0.25, 0.3) is 0 Å². The third-order valence-electron chi connectivity index (χ3n) is 4.06. The third-order valence-corrected chi connectivity index (χ3v) is 4.06. The highest BCUT2D eigenvalue weighted by atomic mass is 16.3. The average Bonchev–Trinajstić information content (AvgIpc) is 2.28.